The van der Waals surface area contributed by atoms with Crippen LogP contribution in [0.2, 0.25) is 0 Å². The van der Waals surface area contributed by atoms with E-state index in [1.54, 1.807) is 6.92 Å². The highest BCUT2D eigenvalue weighted by Gasteiger charge is 2.08. The number of unbranched alkanes of at least 4 members (excludes halogenated alkanes) is 1. The molecule has 0 aromatic heterocycles. The molecule has 1 N–H and O–H groups in total. The van der Waals surface area contributed by atoms with Crippen molar-refractivity contribution in [1.82, 2.24) is 0 Å². The summed E-state index contributed by atoms with van der Waals surface area (Å²) in [6.07, 6.45) is 2.55. The van der Waals surface area contributed by atoms with E-state index in [2.05, 4.69) is 0 Å². The van der Waals surface area contributed by atoms with Gasteiger partial charge in [-0.2, -0.15) is 0 Å². The average molecular weight is 144 g/mol. The highest BCUT2D eigenvalue weighted by molar-refractivity contribution is 5.69. The molecule has 0 heterocycles. The third-order valence-electron chi connectivity index (χ3n) is 1.38. The second-order valence-corrected chi connectivity index (χ2v) is 2.34. The van der Waals surface area contributed by atoms with Gasteiger partial charge in [-0.3, -0.25) is 4.79 Å². The molecule has 0 saturated carbocycles. The molecule has 0 radical (unpaired) electrons. The summed E-state index contributed by atoms with van der Waals surface area (Å²) in [7, 11) is 0. The second kappa shape index (κ2) is 4.97. The Hall–Kier alpha value is -0.860. The zero-order chi connectivity index (χ0) is 7.98. The minimum atomic E-state index is -0.786. The Kier molecular flexibility index (Phi) is 4.54. The fourth-order valence-electron chi connectivity index (χ4n) is 0.631. The van der Waals surface area contributed by atoms with Gasteiger partial charge in [0.2, 0.25) is 0 Å². The van der Waals surface area contributed by atoms with Gasteiger partial charge in [0, 0.05) is 6.42 Å². The summed E-state index contributed by atoms with van der Waals surface area (Å²) in [6.45, 7) is 1.65. The van der Waals surface area contributed by atoms with Gasteiger partial charge in [0.25, 0.3) is 0 Å². The number of hydrogen-bond acceptors (Lipinski definition) is 2. The fourth-order valence-corrected chi connectivity index (χ4v) is 0.631. The van der Waals surface area contributed by atoms with Crippen molar-refractivity contribution >= 4 is 12.3 Å². The maximum atomic E-state index is 10.2. The number of carboxylic acid groups (broad SMARTS) is 1. The van der Waals surface area contributed by atoms with Crippen molar-refractivity contribution in [2.45, 2.75) is 26.2 Å². The van der Waals surface area contributed by atoms with E-state index in [0.29, 0.717) is 19.3 Å². The van der Waals surface area contributed by atoms with Crippen LogP contribution in [0, 0.1) is 5.92 Å². The van der Waals surface area contributed by atoms with Crippen molar-refractivity contribution in [1.29, 1.82) is 0 Å². The Bertz CT molecular complexity index is 120. The number of carboxylic acids is 1. The Balaban J connectivity index is 3.30. The Morgan fingerprint density at radius 2 is 2.30 bits per heavy atom. The van der Waals surface area contributed by atoms with Gasteiger partial charge >= 0.3 is 5.97 Å². The lowest BCUT2D eigenvalue weighted by atomic mass is 10.1. The highest BCUT2D eigenvalue weighted by atomic mass is 16.4. The first-order valence-electron chi connectivity index (χ1n) is 3.35. The molecule has 0 spiro atoms. The first-order valence-corrected chi connectivity index (χ1v) is 3.35. The largest absolute Gasteiger partial charge is 0.481 e. The van der Waals surface area contributed by atoms with Crippen LogP contribution >= 0.6 is 0 Å². The van der Waals surface area contributed by atoms with E-state index < -0.39 is 5.97 Å². The third kappa shape index (κ3) is 4.06. The quantitative estimate of drug-likeness (QED) is 0.464. The summed E-state index contributed by atoms with van der Waals surface area (Å²) in [4.78, 5) is 20.0. The topological polar surface area (TPSA) is 54.4 Å². The molecular weight excluding hydrogens is 132 g/mol. The van der Waals surface area contributed by atoms with Crippen LogP contribution in [0.25, 0.3) is 0 Å². The molecule has 10 heavy (non-hydrogen) atoms. The van der Waals surface area contributed by atoms with Crippen LogP contribution in [0.5, 0.6) is 0 Å². The fraction of sp³-hybridized carbons (Fsp3) is 0.714. The number of carbonyl (C=O) groups excluding carboxylic acids is 1. The molecule has 0 aromatic rings. The van der Waals surface area contributed by atoms with Crippen LogP contribution in [0.15, 0.2) is 0 Å². The van der Waals surface area contributed by atoms with Crippen LogP contribution in [-0.2, 0) is 9.59 Å². The summed E-state index contributed by atoms with van der Waals surface area (Å²) in [5.41, 5.74) is 0. The Morgan fingerprint density at radius 1 is 1.70 bits per heavy atom. The Labute approximate surface area is 60.0 Å². The lowest BCUT2D eigenvalue weighted by Crippen LogP contribution is -2.08. The molecule has 1 atom stereocenters. The lowest BCUT2D eigenvalue weighted by Gasteiger charge is -2.01. The van der Waals surface area contributed by atoms with Gasteiger partial charge in [-0.05, 0) is 12.8 Å². The third-order valence-corrected chi connectivity index (χ3v) is 1.38. The molecule has 0 aliphatic carbocycles. The predicted octanol–water partition coefficient (Wildman–Crippen LogP) is 1.08. The average Bonchev–Trinajstić information content (AvgIpc) is 1.88. The molecule has 3 heteroatoms. The summed E-state index contributed by atoms with van der Waals surface area (Å²) < 4.78 is 0. The summed E-state index contributed by atoms with van der Waals surface area (Å²) in [5, 5.41) is 8.39. The molecule has 0 saturated heterocycles. The maximum Gasteiger partial charge on any atom is 0.306 e. The van der Waals surface area contributed by atoms with Crippen molar-refractivity contribution < 1.29 is 14.7 Å². The molecule has 0 fully saturated rings. The summed E-state index contributed by atoms with van der Waals surface area (Å²) in [5.74, 6) is -1.11. The zero-order valence-corrected chi connectivity index (χ0v) is 6.04. The van der Waals surface area contributed by atoms with Crippen molar-refractivity contribution in [3.05, 3.63) is 0 Å². The van der Waals surface area contributed by atoms with Crippen molar-refractivity contribution in [2.75, 3.05) is 0 Å². The summed E-state index contributed by atoms with van der Waals surface area (Å²) >= 11 is 0. The van der Waals surface area contributed by atoms with Crippen LogP contribution in [0.4, 0.5) is 0 Å². The van der Waals surface area contributed by atoms with E-state index in [9.17, 15) is 9.59 Å². The molecule has 0 amide bonds. The van der Waals surface area contributed by atoms with E-state index in [1.807, 2.05) is 0 Å². The van der Waals surface area contributed by atoms with Crippen LogP contribution < -0.4 is 0 Å². The highest BCUT2D eigenvalue weighted by Crippen LogP contribution is 2.05. The monoisotopic (exact) mass is 144 g/mol. The SMILES string of the molecule is CC(CCCC=O)C(=O)O. The number of aliphatic carboxylic acids is 1. The van der Waals surface area contributed by atoms with Crippen LogP contribution in [0.3, 0.4) is 0 Å². The van der Waals surface area contributed by atoms with E-state index in [-0.39, 0.29) is 5.92 Å². The normalized spacial score (nSPS) is 12.5. The van der Waals surface area contributed by atoms with E-state index >= 15 is 0 Å². The standard InChI is InChI=1S/C7H12O3/c1-6(7(9)10)4-2-3-5-8/h5-6H,2-4H2,1H3,(H,9,10). The van der Waals surface area contributed by atoms with Crippen LogP contribution in [-0.4, -0.2) is 17.4 Å². The summed E-state index contributed by atoms with van der Waals surface area (Å²) in [6, 6.07) is 0. The number of hydrogen-bond donors (Lipinski definition) is 1. The van der Waals surface area contributed by atoms with Crippen molar-refractivity contribution in [3.63, 3.8) is 0 Å². The van der Waals surface area contributed by atoms with Crippen molar-refractivity contribution in [3.8, 4) is 0 Å². The minimum absolute atomic E-state index is 0.319. The molecule has 0 aliphatic rings. The predicted molar refractivity (Wildman–Crippen MR) is 36.7 cm³/mol. The van der Waals surface area contributed by atoms with Crippen molar-refractivity contribution in [2.24, 2.45) is 5.92 Å². The molecule has 3 nitrogen and oxygen atoms in total. The van der Waals surface area contributed by atoms with E-state index in [0.717, 1.165) is 6.29 Å². The minimum Gasteiger partial charge on any atom is -0.481 e. The molecular formula is C7H12O3. The van der Waals surface area contributed by atoms with Gasteiger partial charge in [-0.1, -0.05) is 6.92 Å². The van der Waals surface area contributed by atoms with E-state index in [1.165, 1.54) is 0 Å². The lowest BCUT2D eigenvalue weighted by molar-refractivity contribution is -0.141. The molecule has 0 bridgehead atoms. The van der Waals surface area contributed by atoms with Gasteiger partial charge < -0.3 is 9.90 Å². The number of carbonyl (C=O) groups is 2. The van der Waals surface area contributed by atoms with Gasteiger partial charge in [0.15, 0.2) is 0 Å². The molecule has 0 aliphatic heterocycles. The first kappa shape index (κ1) is 9.14. The second-order valence-electron chi connectivity index (χ2n) is 2.34. The molecule has 58 valence electrons. The van der Waals surface area contributed by atoms with Crippen LogP contribution in [0.1, 0.15) is 26.2 Å². The first-order chi connectivity index (χ1) is 4.68. The van der Waals surface area contributed by atoms with Gasteiger partial charge in [0.1, 0.15) is 6.29 Å². The number of aldehydes is 1. The molecule has 0 aromatic carbocycles. The smallest absolute Gasteiger partial charge is 0.306 e. The zero-order valence-electron chi connectivity index (χ0n) is 6.04. The van der Waals surface area contributed by atoms with Gasteiger partial charge in [0.05, 0.1) is 5.92 Å². The molecule has 0 rings (SSSR count). The van der Waals surface area contributed by atoms with E-state index in [4.69, 9.17) is 5.11 Å². The maximum absolute atomic E-state index is 10.2. The van der Waals surface area contributed by atoms with Gasteiger partial charge in [-0.25, -0.2) is 0 Å². The molecule has 1 unspecified atom stereocenters. The number of rotatable bonds is 5. The Morgan fingerprint density at radius 3 is 2.70 bits per heavy atom. The van der Waals surface area contributed by atoms with Gasteiger partial charge in [-0.15, -0.1) is 0 Å².